The van der Waals surface area contributed by atoms with E-state index in [9.17, 15) is 0 Å². The van der Waals surface area contributed by atoms with Crippen molar-refractivity contribution in [2.24, 2.45) is 0 Å². The van der Waals surface area contributed by atoms with Crippen LogP contribution in [0.3, 0.4) is 0 Å². The molecule has 1 nitrogen and oxygen atoms in total. The molecule has 0 atom stereocenters. The molecule has 0 radical (unpaired) electrons. The van der Waals surface area contributed by atoms with Crippen LogP contribution in [0.4, 0.5) is 0 Å². The summed E-state index contributed by atoms with van der Waals surface area (Å²) in [6.45, 7) is 4.24. The fourth-order valence-corrected chi connectivity index (χ4v) is 3.29. The lowest BCUT2D eigenvalue weighted by Crippen LogP contribution is -1.95. The third-order valence-corrected chi connectivity index (χ3v) is 4.46. The van der Waals surface area contributed by atoms with Crippen molar-refractivity contribution in [3.8, 4) is 22.4 Å². The summed E-state index contributed by atoms with van der Waals surface area (Å²) in [6, 6.07) is 27.7. The number of fused-ring (bicyclic) bond motifs is 1. The van der Waals surface area contributed by atoms with Crippen LogP contribution < -0.4 is 0 Å². The summed E-state index contributed by atoms with van der Waals surface area (Å²) in [5, 5.41) is 2.49. The number of hydrogen-bond acceptors (Lipinski definition) is 1. The molecule has 0 bridgehead atoms. The SMILES string of the molecule is Cc1ccc2c(C)nc(-c3ccccc3)c(-c3ccccc3)c2c1. The second-order valence-electron chi connectivity index (χ2n) is 6.20. The zero-order valence-corrected chi connectivity index (χ0v) is 14.0. The molecule has 0 unspecified atom stereocenters. The van der Waals surface area contributed by atoms with E-state index in [1.165, 1.54) is 27.5 Å². The van der Waals surface area contributed by atoms with Crippen molar-refractivity contribution in [3.05, 3.63) is 90.1 Å². The first-order chi connectivity index (χ1) is 11.7. The molecule has 0 amide bonds. The first-order valence-corrected chi connectivity index (χ1v) is 8.26. The van der Waals surface area contributed by atoms with Gasteiger partial charge in [-0.25, -0.2) is 0 Å². The van der Waals surface area contributed by atoms with Crippen LogP contribution in [0.1, 0.15) is 11.3 Å². The molecular formula is C23H19N. The Morgan fingerprint density at radius 3 is 1.92 bits per heavy atom. The molecule has 3 aromatic carbocycles. The van der Waals surface area contributed by atoms with Gasteiger partial charge in [-0.1, -0.05) is 84.4 Å². The maximum Gasteiger partial charge on any atom is 0.0789 e. The van der Waals surface area contributed by atoms with Crippen molar-refractivity contribution in [1.29, 1.82) is 0 Å². The van der Waals surface area contributed by atoms with E-state index in [2.05, 4.69) is 86.6 Å². The van der Waals surface area contributed by atoms with Gasteiger partial charge >= 0.3 is 0 Å². The van der Waals surface area contributed by atoms with Gasteiger partial charge < -0.3 is 0 Å². The van der Waals surface area contributed by atoms with Crippen molar-refractivity contribution >= 4 is 10.8 Å². The van der Waals surface area contributed by atoms with E-state index in [4.69, 9.17) is 4.98 Å². The number of pyridine rings is 1. The van der Waals surface area contributed by atoms with Gasteiger partial charge in [0.05, 0.1) is 5.69 Å². The van der Waals surface area contributed by atoms with Gasteiger partial charge in [-0.15, -0.1) is 0 Å². The molecule has 0 saturated heterocycles. The Morgan fingerprint density at radius 2 is 1.25 bits per heavy atom. The molecule has 0 aliphatic heterocycles. The lowest BCUT2D eigenvalue weighted by molar-refractivity contribution is 1.24. The van der Waals surface area contributed by atoms with E-state index in [-0.39, 0.29) is 0 Å². The molecular weight excluding hydrogens is 290 g/mol. The lowest BCUT2D eigenvalue weighted by Gasteiger charge is -2.15. The van der Waals surface area contributed by atoms with Crippen molar-refractivity contribution in [1.82, 2.24) is 4.98 Å². The Bertz CT molecular complexity index is 1000. The molecule has 4 rings (SSSR count). The molecule has 0 aliphatic rings. The number of hydrogen-bond donors (Lipinski definition) is 0. The smallest absolute Gasteiger partial charge is 0.0789 e. The van der Waals surface area contributed by atoms with Crippen LogP contribution in [-0.4, -0.2) is 4.98 Å². The topological polar surface area (TPSA) is 12.9 Å². The highest BCUT2D eigenvalue weighted by Crippen LogP contribution is 2.38. The molecule has 0 spiro atoms. The summed E-state index contributed by atoms with van der Waals surface area (Å²) in [5.74, 6) is 0. The van der Waals surface area contributed by atoms with E-state index in [0.717, 1.165) is 17.0 Å². The summed E-state index contributed by atoms with van der Waals surface area (Å²) < 4.78 is 0. The fourth-order valence-electron chi connectivity index (χ4n) is 3.29. The van der Waals surface area contributed by atoms with Crippen molar-refractivity contribution in [3.63, 3.8) is 0 Å². The molecule has 1 aromatic heterocycles. The summed E-state index contributed by atoms with van der Waals surface area (Å²) in [6.07, 6.45) is 0. The highest BCUT2D eigenvalue weighted by molar-refractivity contribution is 6.03. The third-order valence-electron chi connectivity index (χ3n) is 4.46. The maximum absolute atomic E-state index is 4.98. The number of rotatable bonds is 2. The first kappa shape index (κ1) is 14.6. The van der Waals surface area contributed by atoms with E-state index in [1.54, 1.807) is 0 Å². The van der Waals surface area contributed by atoms with Gasteiger partial charge in [-0.2, -0.15) is 0 Å². The number of benzene rings is 3. The summed E-state index contributed by atoms with van der Waals surface area (Å²) in [5.41, 5.74) is 6.97. The molecule has 0 N–H and O–H groups in total. The molecule has 4 aromatic rings. The predicted molar refractivity (Wildman–Crippen MR) is 102 cm³/mol. The van der Waals surface area contributed by atoms with Gasteiger partial charge in [0.2, 0.25) is 0 Å². The second kappa shape index (κ2) is 5.93. The largest absolute Gasteiger partial charge is 0.252 e. The monoisotopic (exact) mass is 309 g/mol. The van der Waals surface area contributed by atoms with E-state index in [0.29, 0.717) is 0 Å². The van der Waals surface area contributed by atoms with Gasteiger partial charge in [0, 0.05) is 22.2 Å². The Morgan fingerprint density at radius 1 is 0.625 bits per heavy atom. The van der Waals surface area contributed by atoms with Crippen LogP contribution in [0.2, 0.25) is 0 Å². The van der Waals surface area contributed by atoms with Crippen molar-refractivity contribution < 1.29 is 0 Å². The number of nitrogens with zero attached hydrogens (tertiary/aromatic N) is 1. The summed E-state index contributed by atoms with van der Waals surface area (Å²) in [4.78, 5) is 4.98. The van der Waals surface area contributed by atoms with Gasteiger partial charge in [-0.3, -0.25) is 4.98 Å². The Kier molecular flexibility index (Phi) is 3.62. The van der Waals surface area contributed by atoms with Crippen LogP contribution >= 0.6 is 0 Å². The fraction of sp³-hybridized carbons (Fsp3) is 0.0870. The number of aromatic nitrogens is 1. The highest BCUT2D eigenvalue weighted by atomic mass is 14.7. The minimum atomic E-state index is 1.05. The Labute approximate surface area is 142 Å². The van der Waals surface area contributed by atoms with Gasteiger partial charge in [0.25, 0.3) is 0 Å². The second-order valence-corrected chi connectivity index (χ2v) is 6.20. The van der Waals surface area contributed by atoms with Gasteiger partial charge in [-0.05, 0) is 24.8 Å². The minimum absolute atomic E-state index is 1.05. The van der Waals surface area contributed by atoms with Crippen molar-refractivity contribution in [2.45, 2.75) is 13.8 Å². The lowest BCUT2D eigenvalue weighted by atomic mass is 9.92. The van der Waals surface area contributed by atoms with Crippen LogP contribution in [0.5, 0.6) is 0 Å². The van der Waals surface area contributed by atoms with Crippen molar-refractivity contribution in [2.75, 3.05) is 0 Å². The van der Waals surface area contributed by atoms with Gasteiger partial charge in [0.1, 0.15) is 0 Å². The molecule has 0 aliphatic carbocycles. The maximum atomic E-state index is 4.98. The van der Waals surface area contributed by atoms with E-state index in [1.807, 2.05) is 6.07 Å². The Balaban J connectivity index is 2.16. The molecule has 116 valence electrons. The molecule has 0 saturated carbocycles. The zero-order valence-electron chi connectivity index (χ0n) is 14.0. The zero-order chi connectivity index (χ0) is 16.5. The van der Waals surface area contributed by atoms with Crippen LogP contribution in [-0.2, 0) is 0 Å². The van der Waals surface area contributed by atoms with E-state index < -0.39 is 0 Å². The van der Waals surface area contributed by atoms with Crippen LogP contribution in [0, 0.1) is 13.8 Å². The Hall–Kier alpha value is -2.93. The molecule has 1 heteroatoms. The average Bonchev–Trinajstić information content (AvgIpc) is 2.63. The summed E-state index contributed by atoms with van der Waals surface area (Å²) in [7, 11) is 0. The minimum Gasteiger partial charge on any atom is -0.252 e. The molecule has 24 heavy (non-hydrogen) atoms. The van der Waals surface area contributed by atoms with Gasteiger partial charge in [0.15, 0.2) is 0 Å². The first-order valence-electron chi connectivity index (χ1n) is 8.26. The standard InChI is InChI=1S/C23H19N/c1-16-13-14-20-17(2)24-23(19-11-7-4-8-12-19)22(21(20)15-16)18-9-5-3-6-10-18/h3-15H,1-2H3. The predicted octanol–water partition coefficient (Wildman–Crippen LogP) is 6.19. The normalized spacial score (nSPS) is 10.9. The molecule has 1 heterocycles. The number of aryl methyl sites for hydroxylation is 2. The third kappa shape index (κ3) is 2.48. The van der Waals surface area contributed by atoms with Crippen LogP contribution in [0.25, 0.3) is 33.2 Å². The highest BCUT2D eigenvalue weighted by Gasteiger charge is 2.15. The average molecular weight is 309 g/mol. The quantitative estimate of drug-likeness (QED) is 0.430. The van der Waals surface area contributed by atoms with Crippen LogP contribution in [0.15, 0.2) is 78.9 Å². The summed E-state index contributed by atoms with van der Waals surface area (Å²) >= 11 is 0. The van der Waals surface area contributed by atoms with E-state index >= 15 is 0 Å². The molecule has 0 fully saturated rings.